The van der Waals surface area contributed by atoms with E-state index in [0.29, 0.717) is 5.69 Å². The fourth-order valence-electron chi connectivity index (χ4n) is 1.91. The molecule has 0 fully saturated rings. The molecule has 18 heavy (non-hydrogen) atoms. The molecule has 94 valence electrons. The molecule has 0 spiro atoms. The molecule has 2 aromatic rings. The van der Waals surface area contributed by atoms with E-state index in [1.807, 2.05) is 13.8 Å². The summed E-state index contributed by atoms with van der Waals surface area (Å²) in [6.07, 6.45) is 1.21. The number of benzene rings is 1. The monoisotopic (exact) mass is 245 g/mol. The van der Waals surface area contributed by atoms with Gasteiger partial charge in [-0.05, 0) is 38.1 Å². The van der Waals surface area contributed by atoms with Crippen molar-refractivity contribution in [3.63, 3.8) is 0 Å². The highest BCUT2D eigenvalue weighted by molar-refractivity contribution is 5.99. The Bertz CT molecular complexity index is 664. The standard InChI is InChI=1S/C13H15N3O2/c1-4-12(17)14-9-5-6-10-11(7-9)16(8(2)3)13(18)15-10/h4-8H,1H2,2-3H3,(H,14,17)(H,15,18). The summed E-state index contributed by atoms with van der Waals surface area (Å²) in [6.45, 7) is 7.26. The lowest BCUT2D eigenvalue weighted by atomic mass is 10.2. The highest BCUT2D eigenvalue weighted by Gasteiger charge is 2.10. The van der Waals surface area contributed by atoms with Crippen LogP contribution in [0.3, 0.4) is 0 Å². The van der Waals surface area contributed by atoms with Crippen LogP contribution in [0.4, 0.5) is 5.69 Å². The molecule has 0 atom stereocenters. The highest BCUT2D eigenvalue weighted by Crippen LogP contribution is 2.19. The second kappa shape index (κ2) is 4.52. The molecule has 0 saturated carbocycles. The minimum absolute atomic E-state index is 0.0524. The van der Waals surface area contributed by atoms with Crippen LogP contribution >= 0.6 is 0 Å². The first-order valence-corrected chi connectivity index (χ1v) is 5.70. The number of aromatic amines is 1. The van der Waals surface area contributed by atoms with Gasteiger partial charge in [-0.15, -0.1) is 0 Å². The minimum atomic E-state index is -0.275. The molecule has 0 bridgehead atoms. The van der Waals surface area contributed by atoms with Crippen LogP contribution in [0.1, 0.15) is 19.9 Å². The summed E-state index contributed by atoms with van der Waals surface area (Å²) in [5.74, 6) is -0.275. The summed E-state index contributed by atoms with van der Waals surface area (Å²) in [5, 5.41) is 2.67. The summed E-state index contributed by atoms with van der Waals surface area (Å²) >= 11 is 0. The Balaban J connectivity index is 2.55. The van der Waals surface area contributed by atoms with E-state index < -0.39 is 0 Å². The fraction of sp³-hybridized carbons (Fsp3) is 0.231. The van der Waals surface area contributed by atoms with Crippen molar-refractivity contribution in [2.75, 3.05) is 5.32 Å². The van der Waals surface area contributed by atoms with Crippen LogP contribution in [0.15, 0.2) is 35.6 Å². The van der Waals surface area contributed by atoms with E-state index in [0.717, 1.165) is 11.0 Å². The number of carbonyl (C=O) groups is 1. The number of aromatic nitrogens is 2. The molecule has 1 aromatic carbocycles. The van der Waals surface area contributed by atoms with Gasteiger partial charge in [-0.2, -0.15) is 0 Å². The summed E-state index contributed by atoms with van der Waals surface area (Å²) < 4.78 is 1.65. The van der Waals surface area contributed by atoms with Gasteiger partial charge in [0.1, 0.15) is 0 Å². The molecule has 5 nitrogen and oxygen atoms in total. The molecule has 0 radical (unpaired) electrons. The largest absolute Gasteiger partial charge is 0.326 e. The SMILES string of the molecule is C=CC(=O)Nc1ccc2[nH]c(=O)n(C(C)C)c2c1. The van der Waals surface area contributed by atoms with Crippen molar-refractivity contribution >= 4 is 22.6 Å². The number of nitrogens with one attached hydrogen (secondary N) is 2. The molecule has 2 N–H and O–H groups in total. The van der Waals surface area contributed by atoms with Gasteiger partial charge < -0.3 is 10.3 Å². The number of amides is 1. The Morgan fingerprint density at radius 1 is 1.50 bits per heavy atom. The number of nitrogens with zero attached hydrogens (tertiary/aromatic N) is 1. The number of anilines is 1. The van der Waals surface area contributed by atoms with Crippen LogP contribution in [-0.4, -0.2) is 15.5 Å². The quantitative estimate of drug-likeness (QED) is 0.812. The maximum Gasteiger partial charge on any atom is 0.326 e. The molecular formula is C13H15N3O2. The first kappa shape index (κ1) is 12.2. The molecule has 2 rings (SSSR count). The van der Waals surface area contributed by atoms with E-state index in [-0.39, 0.29) is 17.6 Å². The minimum Gasteiger partial charge on any atom is -0.322 e. The topological polar surface area (TPSA) is 66.9 Å². The third kappa shape index (κ3) is 2.07. The van der Waals surface area contributed by atoms with Gasteiger partial charge in [0.25, 0.3) is 0 Å². The van der Waals surface area contributed by atoms with Gasteiger partial charge in [0.15, 0.2) is 0 Å². The van der Waals surface area contributed by atoms with Crippen LogP contribution in [0.5, 0.6) is 0 Å². The van der Waals surface area contributed by atoms with Crippen molar-refractivity contribution in [1.29, 1.82) is 0 Å². The van der Waals surface area contributed by atoms with Crippen LogP contribution in [-0.2, 0) is 4.79 Å². The number of hydrogen-bond donors (Lipinski definition) is 2. The Morgan fingerprint density at radius 2 is 2.22 bits per heavy atom. The lowest BCUT2D eigenvalue weighted by molar-refractivity contribution is -0.111. The van der Waals surface area contributed by atoms with Crippen molar-refractivity contribution < 1.29 is 4.79 Å². The smallest absolute Gasteiger partial charge is 0.322 e. The maximum absolute atomic E-state index is 11.8. The van der Waals surface area contributed by atoms with Crippen molar-refractivity contribution in [3.8, 4) is 0 Å². The molecule has 0 saturated heterocycles. The van der Waals surface area contributed by atoms with Gasteiger partial charge in [-0.3, -0.25) is 9.36 Å². The average Bonchev–Trinajstić information content (AvgIpc) is 2.64. The lowest BCUT2D eigenvalue weighted by Crippen LogP contribution is -2.18. The van der Waals surface area contributed by atoms with E-state index in [1.165, 1.54) is 6.08 Å². The number of rotatable bonds is 3. The highest BCUT2D eigenvalue weighted by atomic mass is 16.2. The third-order valence-electron chi connectivity index (χ3n) is 2.69. The number of carbonyl (C=O) groups excluding carboxylic acids is 1. The summed E-state index contributed by atoms with van der Waals surface area (Å²) in [7, 11) is 0. The van der Waals surface area contributed by atoms with Gasteiger partial charge in [0.05, 0.1) is 11.0 Å². The van der Waals surface area contributed by atoms with Crippen molar-refractivity contribution in [3.05, 3.63) is 41.3 Å². The molecule has 0 unspecified atom stereocenters. The maximum atomic E-state index is 11.8. The molecule has 5 heteroatoms. The predicted octanol–water partition coefficient (Wildman–Crippen LogP) is 2.03. The van der Waals surface area contributed by atoms with Gasteiger partial charge in [-0.1, -0.05) is 6.58 Å². The molecule has 0 aliphatic heterocycles. The second-order valence-corrected chi connectivity index (χ2v) is 4.32. The lowest BCUT2D eigenvalue weighted by Gasteiger charge is -2.08. The summed E-state index contributed by atoms with van der Waals surface area (Å²) in [6, 6.07) is 5.34. The number of H-pyrrole nitrogens is 1. The van der Waals surface area contributed by atoms with E-state index >= 15 is 0 Å². The van der Waals surface area contributed by atoms with Crippen molar-refractivity contribution in [2.45, 2.75) is 19.9 Å². The zero-order valence-electron chi connectivity index (χ0n) is 10.4. The number of hydrogen-bond acceptors (Lipinski definition) is 2. The van der Waals surface area contributed by atoms with Crippen LogP contribution < -0.4 is 11.0 Å². The first-order valence-electron chi connectivity index (χ1n) is 5.70. The predicted molar refractivity (Wildman–Crippen MR) is 71.8 cm³/mol. The molecule has 1 amide bonds. The van der Waals surface area contributed by atoms with Gasteiger partial charge in [0.2, 0.25) is 5.91 Å². The van der Waals surface area contributed by atoms with E-state index in [2.05, 4.69) is 16.9 Å². The fourth-order valence-corrected chi connectivity index (χ4v) is 1.91. The average molecular weight is 245 g/mol. The van der Waals surface area contributed by atoms with Crippen molar-refractivity contribution in [1.82, 2.24) is 9.55 Å². The van der Waals surface area contributed by atoms with Crippen molar-refractivity contribution in [2.24, 2.45) is 0 Å². The zero-order valence-corrected chi connectivity index (χ0v) is 10.4. The summed E-state index contributed by atoms with van der Waals surface area (Å²) in [4.78, 5) is 25.8. The zero-order chi connectivity index (χ0) is 13.3. The normalized spacial score (nSPS) is 10.8. The van der Waals surface area contributed by atoms with Gasteiger partial charge >= 0.3 is 5.69 Å². The van der Waals surface area contributed by atoms with Crippen LogP contribution in [0.2, 0.25) is 0 Å². The van der Waals surface area contributed by atoms with Crippen LogP contribution in [0.25, 0.3) is 11.0 Å². The Hall–Kier alpha value is -2.30. The number of imidazole rings is 1. The van der Waals surface area contributed by atoms with Gasteiger partial charge in [-0.25, -0.2) is 4.79 Å². The van der Waals surface area contributed by atoms with E-state index in [1.54, 1.807) is 22.8 Å². The second-order valence-electron chi connectivity index (χ2n) is 4.32. The molecule has 1 heterocycles. The Labute approximate surface area is 104 Å². The molecule has 0 aliphatic rings. The van der Waals surface area contributed by atoms with E-state index in [4.69, 9.17) is 0 Å². The Morgan fingerprint density at radius 3 is 2.83 bits per heavy atom. The number of fused-ring (bicyclic) bond motifs is 1. The summed E-state index contributed by atoms with van der Waals surface area (Å²) in [5.41, 5.74) is 2.02. The van der Waals surface area contributed by atoms with E-state index in [9.17, 15) is 9.59 Å². The molecule has 0 aliphatic carbocycles. The Kier molecular flexibility index (Phi) is 3.06. The first-order chi connectivity index (χ1) is 8.52. The van der Waals surface area contributed by atoms with Crippen LogP contribution in [0, 0.1) is 0 Å². The van der Waals surface area contributed by atoms with Gasteiger partial charge in [0, 0.05) is 11.7 Å². The molecular weight excluding hydrogens is 230 g/mol. The third-order valence-corrected chi connectivity index (χ3v) is 2.69. The molecule has 1 aromatic heterocycles.